The number of fused-ring (bicyclic) bond motifs is 1. The molecule has 1 aliphatic carbocycles. The van der Waals surface area contributed by atoms with Crippen molar-refractivity contribution in [2.24, 2.45) is 5.92 Å². The molecule has 1 saturated carbocycles. The molecule has 0 spiro atoms. The number of nitrogens with zero attached hydrogens (tertiary/aromatic N) is 3. The highest BCUT2D eigenvalue weighted by Crippen LogP contribution is 2.43. The molecular weight excluding hydrogens is 347 g/mol. The Morgan fingerprint density at radius 3 is 2.58 bits per heavy atom. The van der Waals surface area contributed by atoms with Crippen LogP contribution in [0.1, 0.15) is 29.0 Å². The van der Waals surface area contributed by atoms with Crippen molar-refractivity contribution in [2.75, 3.05) is 6.54 Å². The van der Waals surface area contributed by atoms with Gasteiger partial charge in [0.2, 0.25) is 0 Å². The third-order valence-corrected chi connectivity index (χ3v) is 5.01. The molecule has 26 heavy (non-hydrogen) atoms. The summed E-state index contributed by atoms with van der Waals surface area (Å²) in [5.41, 5.74) is 1.04. The molecule has 0 radical (unpaired) electrons. The van der Waals surface area contributed by atoms with Gasteiger partial charge in [0.15, 0.2) is 0 Å². The fourth-order valence-corrected chi connectivity index (χ4v) is 3.47. The number of benzene rings is 1. The summed E-state index contributed by atoms with van der Waals surface area (Å²) in [5.74, 6) is -0.832. The first kappa shape index (κ1) is 16.9. The minimum atomic E-state index is -4.17. The van der Waals surface area contributed by atoms with Gasteiger partial charge in [0.25, 0.3) is 5.91 Å². The van der Waals surface area contributed by atoms with Crippen LogP contribution in [0.4, 0.5) is 13.2 Å². The molecular formula is C18H18F3N3O2. The Balaban J connectivity index is 1.40. The summed E-state index contributed by atoms with van der Waals surface area (Å²) in [6, 6.07) is 10.6. The molecule has 2 aromatic rings. The number of amides is 1. The van der Waals surface area contributed by atoms with Crippen LogP contribution in [0.2, 0.25) is 0 Å². The van der Waals surface area contributed by atoms with Gasteiger partial charge >= 0.3 is 6.18 Å². The van der Waals surface area contributed by atoms with Crippen molar-refractivity contribution in [3.8, 4) is 5.75 Å². The van der Waals surface area contributed by atoms with E-state index in [0.717, 1.165) is 0 Å². The van der Waals surface area contributed by atoms with Crippen LogP contribution in [-0.2, 0) is 13.2 Å². The lowest BCUT2D eigenvalue weighted by Crippen LogP contribution is -2.54. The first-order chi connectivity index (χ1) is 12.4. The van der Waals surface area contributed by atoms with E-state index in [2.05, 4.69) is 5.10 Å². The van der Waals surface area contributed by atoms with Gasteiger partial charge in [-0.15, -0.1) is 0 Å². The summed E-state index contributed by atoms with van der Waals surface area (Å²) in [4.78, 5) is 14.2. The van der Waals surface area contributed by atoms with Crippen LogP contribution in [-0.4, -0.2) is 39.4 Å². The predicted molar refractivity (Wildman–Crippen MR) is 86.6 cm³/mol. The summed E-state index contributed by atoms with van der Waals surface area (Å²) in [5, 5.41) is 4.37. The lowest BCUT2D eigenvalue weighted by molar-refractivity contribution is -0.204. The number of ether oxygens (including phenoxy) is 1. The maximum Gasteiger partial charge on any atom is 0.391 e. The molecule has 1 aliphatic heterocycles. The molecule has 1 aromatic heterocycles. The average Bonchev–Trinajstić information content (AvgIpc) is 2.97. The highest BCUT2D eigenvalue weighted by Gasteiger charge is 2.50. The third kappa shape index (κ3) is 3.15. The Morgan fingerprint density at radius 2 is 1.88 bits per heavy atom. The third-order valence-electron chi connectivity index (χ3n) is 5.01. The monoisotopic (exact) mass is 365 g/mol. The van der Waals surface area contributed by atoms with Crippen molar-refractivity contribution < 1.29 is 22.7 Å². The Bertz CT molecular complexity index is 798. The number of hydrogen-bond acceptors (Lipinski definition) is 3. The van der Waals surface area contributed by atoms with Gasteiger partial charge in [-0.1, -0.05) is 18.2 Å². The van der Waals surface area contributed by atoms with Crippen LogP contribution in [0.5, 0.6) is 5.75 Å². The molecule has 1 amide bonds. The number of para-hydroxylation sites is 1. The molecule has 0 N–H and O–H groups in total. The van der Waals surface area contributed by atoms with Crippen LogP contribution < -0.4 is 4.74 Å². The molecule has 138 valence electrons. The molecule has 1 aromatic carbocycles. The van der Waals surface area contributed by atoms with E-state index in [-0.39, 0.29) is 31.4 Å². The largest absolute Gasteiger partial charge is 0.487 e. The Kier molecular flexibility index (Phi) is 4.13. The van der Waals surface area contributed by atoms with Crippen LogP contribution in [0.3, 0.4) is 0 Å². The second-order valence-electron chi connectivity index (χ2n) is 6.71. The summed E-state index contributed by atoms with van der Waals surface area (Å²) >= 11 is 0. The zero-order chi connectivity index (χ0) is 18.3. The molecule has 0 unspecified atom stereocenters. The van der Waals surface area contributed by atoms with Crippen molar-refractivity contribution in [1.82, 2.24) is 14.7 Å². The van der Waals surface area contributed by atoms with Gasteiger partial charge < -0.3 is 9.64 Å². The molecule has 0 atom stereocenters. The van der Waals surface area contributed by atoms with E-state index in [1.165, 1.54) is 0 Å². The second kappa shape index (κ2) is 6.34. The summed E-state index contributed by atoms with van der Waals surface area (Å²) < 4.78 is 45.3. The van der Waals surface area contributed by atoms with E-state index >= 15 is 0 Å². The maximum absolute atomic E-state index is 12.7. The topological polar surface area (TPSA) is 47.4 Å². The SMILES string of the molecule is O=C1c2cc(COc3ccccc3)nn2CCN1C1CC(C(F)(F)F)C1. The van der Waals surface area contributed by atoms with E-state index in [9.17, 15) is 18.0 Å². The van der Waals surface area contributed by atoms with Gasteiger partial charge in [-0.3, -0.25) is 9.48 Å². The zero-order valence-electron chi connectivity index (χ0n) is 13.9. The van der Waals surface area contributed by atoms with Crippen LogP contribution >= 0.6 is 0 Å². The summed E-state index contributed by atoms with van der Waals surface area (Å²) in [7, 11) is 0. The lowest BCUT2D eigenvalue weighted by atomic mass is 9.78. The Labute approximate surface area is 148 Å². The lowest BCUT2D eigenvalue weighted by Gasteiger charge is -2.44. The van der Waals surface area contributed by atoms with E-state index < -0.39 is 12.1 Å². The van der Waals surface area contributed by atoms with Crippen molar-refractivity contribution in [1.29, 1.82) is 0 Å². The quantitative estimate of drug-likeness (QED) is 0.836. The maximum atomic E-state index is 12.7. The first-order valence-electron chi connectivity index (χ1n) is 8.54. The van der Waals surface area contributed by atoms with Gasteiger partial charge in [0, 0.05) is 12.6 Å². The van der Waals surface area contributed by atoms with Crippen LogP contribution in [0.25, 0.3) is 0 Å². The zero-order valence-corrected chi connectivity index (χ0v) is 13.9. The average molecular weight is 365 g/mol. The van der Waals surface area contributed by atoms with Gasteiger partial charge in [-0.25, -0.2) is 0 Å². The van der Waals surface area contributed by atoms with Gasteiger partial charge in [0.1, 0.15) is 23.7 Å². The molecule has 0 bridgehead atoms. The van der Waals surface area contributed by atoms with Crippen molar-refractivity contribution in [3.05, 3.63) is 47.8 Å². The van der Waals surface area contributed by atoms with E-state index in [1.807, 2.05) is 30.3 Å². The number of aromatic nitrogens is 2. The van der Waals surface area contributed by atoms with Crippen molar-refractivity contribution >= 4 is 5.91 Å². The van der Waals surface area contributed by atoms with Crippen molar-refractivity contribution in [2.45, 2.75) is 38.2 Å². The Hall–Kier alpha value is -2.51. The van der Waals surface area contributed by atoms with Gasteiger partial charge in [0.05, 0.1) is 12.5 Å². The predicted octanol–water partition coefficient (Wildman–Crippen LogP) is 3.26. The normalized spacial score (nSPS) is 22.7. The molecule has 1 fully saturated rings. The van der Waals surface area contributed by atoms with E-state index in [4.69, 9.17) is 4.74 Å². The second-order valence-corrected chi connectivity index (χ2v) is 6.71. The fourth-order valence-electron chi connectivity index (χ4n) is 3.47. The number of halogens is 3. The van der Waals surface area contributed by atoms with E-state index in [1.54, 1.807) is 15.6 Å². The number of carbonyl (C=O) groups excluding carboxylic acids is 1. The number of rotatable bonds is 4. The first-order valence-corrected chi connectivity index (χ1v) is 8.54. The van der Waals surface area contributed by atoms with Crippen LogP contribution in [0, 0.1) is 5.92 Å². The van der Waals surface area contributed by atoms with E-state index in [0.29, 0.717) is 30.2 Å². The van der Waals surface area contributed by atoms with Gasteiger partial charge in [-0.2, -0.15) is 18.3 Å². The highest BCUT2D eigenvalue weighted by atomic mass is 19.4. The number of carbonyl (C=O) groups is 1. The fraction of sp³-hybridized carbons (Fsp3) is 0.444. The molecule has 2 aliphatic rings. The minimum absolute atomic E-state index is 0.00659. The van der Waals surface area contributed by atoms with Crippen LogP contribution in [0.15, 0.2) is 36.4 Å². The molecule has 0 saturated heterocycles. The number of alkyl halides is 3. The standard InChI is InChI=1S/C18H18F3N3O2/c19-18(20,21)12-8-14(9-12)23-6-7-24-16(17(23)25)10-13(22-24)11-26-15-4-2-1-3-5-15/h1-5,10,12,14H,6-9,11H2. The number of hydrogen-bond donors (Lipinski definition) is 0. The minimum Gasteiger partial charge on any atom is -0.487 e. The molecule has 8 heteroatoms. The summed E-state index contributed by atoms with van der Waals surface area (Å²) in [6.45, 7) is 1.11. The summed E-state index contributed by atoms with van der Waals surface area (Å²) in [6.07, 6.45) is -4.18. The molecule has 2 heterocycles. The smallest absolute Gasteiger partial charge is 0.391 e. The molecule has 5 nitrogen and oxygen atoms in total. The molecule has 4 rings (SSSR count). The highest BCUT2D eigenvalue weighted by molar-refractivity contribution is 5.93. The Morgan fingerprint density at radius 1 is 1.15 bits per heavy atom. The van der Waals surface area contributed by atoms with Gasteiger partial charge in [-0.05, 0) is 31.0 Å². The van der Waals surface area contributed by atoms with Crippen molar-refractivity contribution in [3.63, 3.8) is 0 Å².